The lowest BCUT2D eigenvalue weighted by molar-refractivity contribution is 0.0509. The predicted molar refractivity (Wildman–Crippen MR) is 93.4 cm³/mol. The van der Waals surface area contributed by atoms with Crippen molar-refractivity contribution in [2.24, 2.45) is 0 Å². The molecule has 130 valence electrons. The molecule has 6 heteroatoms. The highest BCUT2D eigenvalue weighted by Gasteiger charge is 2.32. The minimum atomic E-state index is -1.05. The van der Waals surface area contributed by atoms with Crippen molar-refractivity contribution in [2.75, 3.05) is 0 Å². The molecule has 0 saturated heterocycles. The van der Waals surface area contributed by atoms with E-state index < -0.39 is 11.7 Å². The molecule has 1 amide bonds. The molecule has 1 aromatic heterocycles. The lowest BCUT2D eigenvalue weighted by atomic mass is 9.82. The molecule has 1 heterocycles. The SMILES string of the molecule is O=C(NC1CCC(O)(C#Cc2cccc(Cl)c2)CC1)Oc1ccco1. The molecular formula is C19H18ClNO4. The highest BCUT2D eigenvalue weighted by Crippen LogP contribution is 2.28. The van der Waals surface area contributed by atoms with Gasteiger partial charge in [0.05, 0.1) is 6.26 Å². The van der Waals surface area contributed by atoms with Crippen molar-refractivity contribution < 1.29 is 19.1 Å². The molecule has 2 N–H and O–H groups in total. The van der Waals surface area contributed by atoms with Crippen LogP contribution in [-0.2, 0) is 0 Å². The van der Waals surface area contributed by atoms with Crippen LogP contribution in [0.15, 0.2) is 47.1 Å². The largest absolute Gasteiger partial charge is 0.434 e. The molecule has 0 atom stereocenters. The third-order valence-corrected chi connectivity index (χ3v) is 4.32. The van der Waals surface area contributed by atoms with Crippen molar-refractivity contribution in [3.63, 3.8) is 0 Å². The Bertz CT molecular complexity index is 783. The highest BCUT2D eigenvalue weighted by atomic mass is 35.5. The summed E-state index contributed by atoms with van der Waals surface area (Å²) in [6.45, 7) is 0. The van der Waals surface area contributed by atoms with Gasteiger partial charge in [-0.05, 0) is 49.9 Å². The van der Waals surface area contributed by atoms with Crippen LogP contribution in [0.25, 0.3) is 0 Å². The summed E-state index contributed by atoms with van der Waals surface area (Å²) in [5.74, 6) is 6.06. The van der Waals surface area contributed by atoms with Crippen LogP contribution < -0.4 is 10.1 Å². The third-order valence-electron chi connectivity index (χ3n) is 4.09. The van der Waals surface area contributed by atoms with E-state index in [-0.39, 0.29) is 12.0 Å². The van der Waals surface area contributed by atoms with Gasteiger partial charge in [-0.15, -0.1) is 0 Å². The fourth-order valence-electron chi connectivity index (χ4n) is 2.73. The first-order valence-electron chi connectivity index (χ1n) is 8.05. The molecular weight excluding hydrogens is 342 g/mol. The number of ether oxygens (including phenoxy) is 1. The zero-order valence-corrected chi connectivity index (χ0v) is 14.3. The van der Waals surface area contributed by atoms with Gasteiger partial charge in [0, 0.05) is 22.7 Å². The van der Waals surface area contributed by atoms with Crippen LogP contribution in [0.2, 0.25) is 5.02 Å². The highest BCUT2D eigenvalue weighted by molar-refractivity contribution is 6.30. The second-order valence-corrected chi connectivity index (χ2v) is 6.47. The molecule has 25 heavy (non-hydrogen) atoms. The van der Waals surface area contributed by atoms with Gasteiger partial charge in [0.2, 0.25) is 0 Å². The van der Waals surface area contributed by atoms with Crippen molar-refractivity contribution >= 4 is 17.7 Å². The fraction of sp³-hybridized carbons (Fsp3) is 0.316. The van der Waals surface area contributed by atoms with Gasteiger partial charge in [0.1, 0.15) is 5.60 Å². The number of benzene rings is 1. The maximum Gasteiger partial charge on any atom is 0.415 e. The number of furan rings is 1. The summed E-state index contributed by atoms with van der Waals surface area (Å²) in [7, 11) is 0. The van der Waals surface area contributed by atoms with Gasteiger partial charge >= 0.3 is 6.09 Å². The van der Waals surface area contributed by atoms with Gasteiger partial charge in [-0.25, -0.2) is 4.79 Å². The van der Waals surface area contributed by atoms with E-state index in [1.165, 1.54) is 6.26 Å². The van der Waals surface area contributed by atoms with E-state index >= 15 is 0 Å². The maximum absolute atomic E-state index is 11.8. The van der Waals surface area contributed by atoms with Gasteiger partial charge in [0.25, 0.3) is 5.95 Å². The number of carbonyl (C=O) groups excluding carboxylic acids is 1. The number of nitrogens with one attached hydrogen (secondary N) is 1. The minimum absolute atomic E-state index is 0.0595. The first kappa shape index (κ1) is 17.4. The van der Waals surface area contributed by atoms with E-state index in [1.807, 2.05) is 12.1 Å². The van der Waals surface area contributed by atoms with Crippen molar-refractivity contribution in [3.8, 4) is 17.8 Å². The number of carbonyl (C=O) groups is 1. The average Bonchev–Trinajstić information content (AvgIpc) is 3.08. The number of hydrogen-bond donors (Lipinski definition) is 2. The summed E-state index contributed by atoms with van der Waals surface area (Å²) in [4.78, 5) is 11.8. The van der Waals surface area contributed by atoms with Gasteiger partial charge in [-0.3, -0.25) is 0 Å². The molecule has 1 aliphatic rings. The Balaban J connectivity index is 1.51. The Hall–Kier alpha value is -2.42. The molecule has 0 aliphatic heterocycles. The molecule has 1 saturated carbocycles. The van der Waals surface area contributed by atoms with Gasteiger partial charge in [-0.2, -0.15) is 0 Å². The summed E-state index contributed by atoms with van der Waals surface area (Å²) in [5, 5.41) is 14.0. The Kier molecular flexibility index (Phi) is 5.32. The first-order valence-corrected chi connectivity index (χ1v) is 8.43. The number of hydrogen-bond acceptors (Lipinski definition) is 4. The standard InChI is InChI=1S/C19H18ClNO4/c20-15-4-1-3-14(13-15)6-9-19(23)10-7-16(8-11-19)21-18(22)25-17-5-2-12-24-17/h1-5,12-13,16,23H,7-8,10-11H2,(H,21,22). The van der Waals surface area contributed by atoms with Crippen LogP contribution in [0.1, 0.15) is 31.2 Å². The zero-order chi connectivity index (χ0) is 17.7. The van der Waals surface area contributed by atoms with E-state index in [9.17, 15) is 9.90 Å². The molecule has 1 aromatic carbocycles. The molecule has 0 bridgehead atoms. The summed E-state index contributed by atoms with van der Waals surface area (Å²) in [6.07, 6.45) is 3.07. The molecule has 0 radical (unpaired) electrons. The number of aliphatic hydroxyl groups is 1. The summed E-state index contributed by atoms with van der Waals surface area (Å²) < 4.78 is 9.96. The normalized spacial score (nSPS) is 22.6. The Morgan fingerprint density at radius 1 is 1.32 bits per heavy atom. The first-order chi connectivity index (χ1) is 12.0. The van der Waals surface area contributed by atoms with Crippen LogP contribution >= 0.6 is 11.6 Å². The molecule has 0 spiro atoms. The number of rotatable bonds is 2. The molecule has 1 aliphatic carbocycles. The smallest absolute Gasteiger partial charge is 0.415 e. The summed E-state index contributed by atoms with van der Waals surface area (Å²) in [5.41, 5.74) is -0.283. The second kappa shape index (κ2) is 7.64. The van der Waals surface area contributed by atoms with Crippen molar-refractivity contribution in [3.05, 3.63) is 53.2 Å². The van der Waals surface area contributed by atoms with Crippen molar-refractivity contribution in [1.82, 2.24) is 5.32 Å². The zero-order valence-electron chi connectivity index (χ0n) is 13.5. The third kappa shape index (κ3) is 5.02. The van der Waals surface area contributed by atoms with E-state index in [2.05, 4.69) is 17.2 Å². The van der Waals surface area contributed by atoms with E-state index in [0.29, 0.717) is 30.7 Å². The Morgan fingerprint density at radius 3 is 2.80 bits per heavy atom. The number of amides is 1. The van der Waals surface area contributed by atoms with Crippen LogP contribution in [0, 0.1) is 11.8 Å². The quantitative estimate of drug-likeness (QED) is 0.801. The average molecular weight is 360 g/mol. The van der Waals surface area contributed by atoms with Crippen LogP contribution in [-0.4, -0.2) is 22.8 Å². The topological polar surface area (TPSA) is 71.7 Å². The van der Waals surface area contributed by atoms with E-state index in [0.717, 1.165) is 5.56 Å². The minimum Gasteiger partial charge on any atom is -0.434 e. The van der Waals surface area contributed by atoms with E-state index in [1.54, 1.807) is 24.3 Å². The van der Waals surface area contributed by atoms with E-state index in [4.69, 9.17) is 20.8 Å². The van der Waals surface area contributed by atoms with Crippen LogP contribution in [0.3, 0.4) is 0 Å². The van der Waals surface area contributed by atoms with Crippen molar-refractivity contribution in [2.45, 2.75) is 37.3 Å². The molecule has 3 rings (SSSR count). The number of halogens is 1. The Morgan fingerprint density at radius 2 is 2.12 bits per heavy atom. The summed E-state index contributed by atoms with van der Waals surface area (Å²) >= 11 is 5.93. The van der Waals surface area contributed by atoms with Gasteiger partial charge < -0.3 is 19.6 Å². The monoisotopic (exact) mass is 359 g/mol. The van der Waals surface area contributed by atoms with Gasteiger partial charge in [0.15, 0.2) is 0 Å². The Labute approximate surface area is 150 Å². The van der Waals surface area contributed by atoms with Gasteiger partial charge in [-0.1, -0.05) is 29.5 Å². The van der Waals surface area contributed by atoms with Crippen LogP contribution in [0.4, 0.5) is 4.79 Å². The molecule has 2 aromatic rings. The maximum atomic E-state index is 11.8. The molecule has 0 unspecified atom stereocenters. The molecule has 5 nitrogen and oxygen atoms in total. The molecule has 1 fully saturated rings. The lowest BCUT2D eigenvalue weighted by Gasteiger charge is -2.32. The van der Waals surface area contributed by atoms with Crippen molar-refractivity contribution in [1.29, 1.82) is 0 Å². The lowest BCUT2D eigenvalue weighted by Crippen LogP contribution is -2.43. The second-order valence-electron chi connectivity index (χ2n) is 6.03. The van der Waals surface area contributed by atoms with Crippen LogP contribution in [0.5, 0.6) is 5.95 Å². The summed E-state index contributed by atoms with van der Waals surface area (Å²) in [6, 6.07) is 10.3. The fourth-order valence-corrected chi connectivity index (χ4v) is 2.92. The predicted octanol–water partition coefficient (Wildman–Crippen LogP) is 3.75.